The van der Waals surface area contributed by atoms with Crippen LogP contribution in [0.5, 0.6) is 11.5 Å². The first-order chi connectivity index (χ1) is 20.1. The molecule has 0 spiro atoms. The quantitative estimate of drug-likeness (QED) is 0.266. The van der Waals surface area contributed by atoms with Gasteiger partial charge < -0.3 is 19.7 Å². The molecule has 0 heterocycles. The number of sulfonamides is 1. The molecule has 226 valence electrons. The third-order valence-corrected chi connectivity index (χ3v) is 8.17. The molecule has 1 atom stereocenters. The largest absolute Gasteiger partial charge is 0.497 e. The maximum Gasteiger partial charge on any atom is 0.243 e. The van der Waals surface area contributed by atoms with E-state index in [1.807, 2.05) is 61.5 Å². The smallest absolute Gasteiger partial charge is 0.243 e. The summed E-state index contributed by atoms with van der Waals surface area (Å²) in [4.78, 5) is 28.8. The van der Waals surface area contributed by atoms with Gasteiger partial charge in [0.2, 0.25) is 21.8 Å². The number of benzene rings is 3. The summed E-state index contributed by atoms with van der Waals surface area (Å²) < 4.78 is 37.1. The lowest BCUT2D eigenvalue weighted by Crippen LogP contribution is -2.50. The van der Waals surface area contributed by atoms with Gasteiger partial charge in [0.25, 0.3) is 0 Å². The summed E-state index contributed by atoms with van der Waals surface area (Å²) >= 11 is 6.25. The molecule has 0 aliphatic heterocycles. The molecule has 1 unspecified atom stereocenters. The summed E-state index contributed by atoms with van der Waals surface area (Å²) in [6.07, 6.45) is 1.66. The van der Waals surface area contributed by atoms with Gasteiger partial charge in [-0.1, -0.05) is 54.1 Å². The molecule has 3 rings (SSSR count). The van der Waals surface area contributed by atoms with Crippen LogP contribution in [-0.2, 0) is 32.6 Å². The van der Waals surface area contributed by atoms with Crippen LogP contribution in [0.1, 0.15) is 30.9 Å². The minimum atomic E-state index is -3.68. The number of methoxy groups -OCH3 is 2. The standard InChI is InChI=1S/C31H38ClN3O6S/c1-5-33-31(37)28(20-23-11-7-6-8-12-23)34(22-24-13-9-14-26(19-24)40-2)30(36)15-10-18-35(42(4,38)39)25-16-17-29(41-3)27(32)21-25/h6-9,11-14,16-17,19,21,28H,5,10,15,18,20,22H2,1-4H3,(H,33,37). The third-order valence-electron chi connectivity index (χ3n) is 6.68. The number of carbonyl (C=O) groups is 2. The molecule has 2 amide bonds. The molecular weight excluding hydrogens is 578 g/mol. The van der Waals surface area contributed by atoms with Crippen LogP contribution in [-0.4, -0.2) is 64.7 Å². The van der Waals surface area contributed by atoms with E-state index in [0.29, 0.717) is 30.2 Å². The zero-order valence-electron chi connectivity index (χ0n) is 24.4. The molecule has 0 bridgehead atoms. The van der Waals surface area contributed by atoms with Crippen molar-refractivity contribution in [2.24, 2.45) is 0 Å². The van der Waals surface area contributed by atoms with Crippen molar-refractivity contribution in [1.29, 1.82) is 0 Å². The topological polar surface area (TPSA) is 105 Å². The van der Waals surface area contributed by atoms with E-state index in [0.717, 1.165) is 17.4 Å². The van der Waals surface area contributed by atoms with Gasteiger partial charge in [0.15, 0.2) is 0 Å². The number of halogens is 1. The Labute approximate surface area is 253 Å². The number of rotatable bonds is 15. The fourth-order valence-electron chi connectivity index (χ4n) is 4.63. The fourth-order valence-corrected chi connectivity index (χ4v) is 5.84. The van der Waals surface area contributed by atoms with Gasteiger partial charge in [-0.15, -0.1) is 0 Å². The fraction of sp³-hybridized carbons (Fsp3) is 0.355. The zero-order valence-corrected chi connectivity index (χ0v) is 26.0. The number of hydrogen-bond donors (Lipinski definition) is 1. The molecule has 0 aromatic heterocycles. The highest BCUT2D eigenvalue weighted by molar-refractivity contribution is 7.92. The minimum absolute atomic E-state index is 0.0184. The van der Waals surface area contributed by atoms with Crippen molar-refractivity contribution < 1.29 is 27.5 Å². The zero-order chi connectivity index (χ0) is 30.7. The summed E-state index contributed by atoms with van der Waals surface area (Å²) in [7, 11) is -0.632. The van der Waals surface area contributed by atoms with Crippen molar-refractivity contribution in [2.75, 3.05) is 37.9 Å². The van der Waals surface area contributed by atoms with Crippen LogP contribution in [0.3, 0.4) is 0 Å². The van der Waals surface area contributed by atoms with Crippen molar-refractivity contribution in [3.63, 3.8) is 0 Å². The average molecular weight is 616 g/mol. The number of nitrogens with zero attached hydrogens (tertiary/aromatic N) is 2. The molecule has 0 radical (unpaired) electrons. The monoisotopic (exact) mass is 615 g/mol. The maximum absolute atomic E-state index is 13.9. The van der Waals surface area contributed by atoms with Crippen LogP contribution in [0.2, 0.25) is 5.02 Å². The van der Waals surface area contributed by atoms with E-state index < -0.39 is 16.1 Å². The summed E-state index contributed by atoms with van der Waals surface area (Å²) in [5.41, 5.74) is 2.08. The van der Waals surface area contributed by atoms with E-state index in [-0.39, 0.29) is 42.8 Å². The Morgan fingerprint density at radius 2 is 1.67 bits per heavy atom. The Bertz CT molecular complexity index is 1450. The number of ether oxygens (including phenoxy) is 2. The molecule has 11 heteroatoms. The molecule has 9 nitrogen and oxygen atoms in total. The van der Waals surface area contributed by atoms with E-state index in [9.17, 15) is 18.0 Å². The second kappa shape index (κ2) is 15.5. The van der Waals surface area contributed by atoms with Crippen LogP contribution < -0.4 is 19.1 Å². The van der Waals surface area contributed by atoms with Gasteiger partial charge in [0.05, 0.1) is 31.2 Å². The highest BCUT2D eigenvalue weighted by atomic mass is 35.5. The van der Waals surface area contributed by atoms with E-state index in [2.05, 4.69) is 5.32 Å². The molecule has 0 saturated heterocycles. The molecule has 42 heavy (non-hydrogen) atoms. The molecule has 1 N–H and O–H groups in total. The Morgan fingerprint density at radius 1 is 0.952 bits per heavy atom. The van der Waals surface area contributed by atoms with E-state index in [1.165, 1.54) is 17.5 Å². The Balaban J connectivity index is 1.88. The Morgan fingerprint density at radius 3 is 2.29 bits per heavy atom. The second-order valence-corrected chi connectivity index (χ2v) is 12.0. The second-order valence-electron chi connectivity index (χ2n) is 9.73. The lowest BCUT2D eigenvalue weighted by atomic mass is 10.0. The lowest BCUT2D eigenvalue weighted by molar-refractivity contribution is -0.141. The molecule has 3 aromatic carbocycles. The van der Waals surface area contributed by atoms with Crippen molar-refractivity contribution in [3.8, 4) is 11.5 Å². The van der Waals surface area contributed by atoms with Crippen LogP contribution in [0.4, 0.5) is 5.69 Å². The van der Waals surface area contributed by atoms with E-state index >= 15 is 0 Å². The van der Waals surface area contributed by atoms with Crippen LogP contribution in [0.25, 0.3) is 0 Å². The van der Waals surface area contributed by atoms with Crippen LogP contribution in [0.15, 0.2) is 72.8 Å². The number of anilines is 1. The van der Waals surface area contributed by atoms with Gasteiger partial charge >= 0.3 is 0 Å². The van der Waals surface area contributed by atoms with Gasteiger partial charge in [-0.2, -0.15) is 0 Å². The number of nitrogens with one attached hydrogen (secondary N) is 1. The summed E-state index contributed by atoms with van der Waals surface area (Å²) in [5.74, 6) is 0.529. The number of likely N-dealkylation sites (N-methyl/N-ethyl adjacent to an activating group) is 1. The van der Waals surface area contributed by atoms with Crippen molar-refractivity contribution in [1.82, 2.24) is 10.2 Å². The average Bonchev–Trinajstić information content (AvgIpc) is 2.97. The van der Waals surface area contributed by atoms with Crippen molar-refractivity contribution in [3.05, 3.63) is 88.9 Å². The predicted octanol–water partition coefficient (Wildman–Crippen LogP) is 4.68. The highest BCUT2D eigenvalue weighted by Crippen LogP contribution is 2.30. The maximum atomic E-state index is 13.9. The first kappa shape index (κ1) is 32.8. The van der Waals surface area contributed by atoms with Gasteiger partial charge in [0, 0.05) is 32.5 Å². The number of hydrogen-bond acceptors (Lipinski definition) is 6. The predicted molar refractivity (Wildman–Crippen MR) is 166 cm³/mol. The van der Waals surface area contributed by atoms with Crippen LogP contribution >= 0.6 is 11.6 Å². The number of carbonyl (C=O) groups excluding carboxylic acids is 2. The number of amides is 2. The van der Waals surface area contributed by atoms with Crippen LogP contribution in [0, 0.1) is 0 Å². The van der Waals surface area contributed by atoms with Gasteiger partial charge in [-0.25, -0.2) is 8.42 Å². The third kappa shape index (κ3) is 9.12. The Kier molecular flexibility index (Phi) is 12.1. The van der Waals surface area contributed by atoms with Gasteiger partial charge in [-0.3, -0.25) is 13.9 Å². The summed E-state index contributed by atoms with van der Waals surface area (Å²) in [5, 5.41) is 3.15. The van der Waals surface area contributed by atoms with Gasteiger partial charge in [-0.05, 0) is 54.8 Å². The normalized spacial score (nSPS) is 11.8. The van der Waals surface area contributed by atoms with E-state index in [1.54, 1.807) is 24.1 Å². The lowest BCUT2D eigenvalue weighted by Gasteiger charge is -2.32. The van der Waals surface area contributed by atoms with E-state index in [4.69, 9.17) is 21.1 Å². The van der Waals surface area contributed by atoms with Crippen molar-refractivity contribution in [2.45, 2.75) is 38.8 Å². The molecule has 0 aliphatic rings. The molecular formula is C31H38ClN3O6S. The SMILES string of the molecule is CCNC(=O)C(Cc1ccccc1)N(Cc1cccc(OC)c1)C(=O)CCCN(c1ccc(OC)c(Cl)c1)S(C)(=O)=O. The Hall–Kier alpha value is -3.76. The van der Waals surface area contributed by atoms with Gasteiger partial charge in [0.1, 0.15) is 17.5 Å². The molecule has 0 saturated carbocycles. The minimum Gasteiger partial charge on any atom is -0.497 e. The summed E-state index contributed by atoms with van der Waals surface area (Å²) in [6, 6.07) is 20.8. The molecule has 3 aromatic rings. The molecule has 0 fully saturated rings. The highest BCUT2D eigenvalue weighted by Gasteiger charge is 2.30. The van der Waals surface area contributed by atoms with Crippen molar-refractivity contribution >= 4 is 39.1 Å². The molecule has 0 aliphatic carbocycles. The first-order valence-corrected chi connectivity index (χ1v) is 15.8. The summed E-state index contributed by atoms with van der Waals surface area (Å²) in [6.45, 7) is 2.47. The first-order valence-electron chi connectivity index (χ1n) is 13.6.